The number of rotatable bonds is 13. The van der Waals surface area contributed by atoms with E-state index in [1.54, 1.807) is 30.3 Å². The molecule has 0 aliphatic carbocycles. The molecule has 0 spiro atoms. The van der Waals surface area contributed by atoms with Crippen molar-refractivity contribution in [1.29, 1.82) is 0 Å². The van der Waals surface area contributed by atoms with Gasteiger partial charge in [-0.2, -0.15) is 0 Å². The maximum atomic E-state index is 13.4. The van der Waals surface area contributed by atoms with Crippen LogP contribution in [0.4, 0.5) is 4.79 Å². The standard InChI is InChI=1S/C24H33N3O5S/c1-4-32-23(29)15-25-24(30)26(12-8-13-31-3)18-22(28)27(16-20-9-6-5-7-10-20)17-21-19(2)11-14-33-21/h5-7,9-11,14H,4,8,12-13,15-18H2,1-3H3,(H,25,30). The number of thiophene rings is 1. The van der Waals surface area contributed by atoms with E-state index in [1.807, 2.05) is 48.7 Å². The highest BCUT2D eigenvalue weighted by molar-refractivity contribution is 7.10. The summed E-state index contributed by atoms with van der Waals surface area (Å²) in [6.45, 7) is 5.30. The summed E-state index contributed by atoms with van der Waals surface area (Å²) in [6, 6.07) is 11.3. The molecule has 1 aromatic heterocycles. The van der Waals surface area contributed by atoms with Crippen LogP contribution < -0.4 is 5.32 Å². The molecule has 2 rings (SSSR count). The van der Waals surface area contributed by atoms with Crippen LogP contribution in [-0.4, -0.2) is 67.7 Å². The van der Waals surface area contributed by atoms with Crippen LogP contribution in [0.2, 0.25) is 0 Å². The molecule has 33 heavy (non-hydrogen) atoms. The van der Waals surface area contributed by atoms with Crippen molar-refractivity contribution < 1.29 is 23.9 Å². The van der Waals surface area contributed by atoms with Crippen molar-refractivity contribution >= 4 is 29.2 Å². The summed E-state index contributed by atoms with van der Waals surface area (Å²) in [7, 11) is 1.58. The summed E-state index contributed by atoms with van der Waals surface area (Å²) in [5.41, 5.74) is 2.15. The lowest BCUT2D eigenvalue weighted by Crippen LogP contribution is -2.48. The molecule has 2 aromatic rings. The van der Waals surface area contributed by atoms with Crippen molar-refractivity contribution in [3.8, 4) is 0 Å². The SMILES string of the molecule is CCOC(=O)CNC(=O)N(CCCOC)CC(=O)N(Cc1ccccc1)Cc1sccc1C. The van der Waals surface area contributed by atoms with Gasteiger partial charge in [0.15, 0.2) is 0 Å². The second-order valence-electron chi connectivity index (χ2n) is 7.49. The monoisotopic (exact) mass is 475 g/mol. The lowest BCUT2D eigenvalue weighted by molar-refractivity contribution is -0.141. The molecule has 180 valence electrons. The summed E-state index contributed by atoms with van der Waals surface area (Å²) in [4.78, 5) is 42.0. The van der Waals surface area contributed by atoms with E-state index in [0.717, 1.165) is 16.0 Å². The average Bonchev–Trinajstić information content (AvgIpc) is 3.21. The van der Waals surface area contributed by atoms with Crippen LogP contribution in [0.5, 0.6) is 0 Å². The van der Waals surface area contributed by atoms with E-state index in [4.69, 9.17) is 9.47 Å². The van der Waals surface area contributed by atoms with E-state index in [2.05, 4.69) is 5.32 Å². The topological polar surface area (TPSA) is 88.2 Å². The number of amides is 3. The van der Waals surface area contributed by atoms with Crippen molar-refractivity contribution in [3.05, 3.63) is 57.8 Å². The molecule has 3 amide bonds. The maximum absolute atomic E-state index is 13.4. The molecule has 9 heteroatoms. The number of esters is 1. The number of benzene rings is 1. The van der Waals surface area contributed by atoms with Crippen molar-refractivity contribution in [2.75, 3.05) is 40.0 Å². The van der Waals surface area contributed by atoms with E-state index in [0.29, 0.717) is 32.7 Å². The first-order chi connectivity index (χ1) is 15.9. The highest BCUT2D eigenvalue weighted by Gasteiger charge is 2.23. The number of carbonyl (C=O) groups excluding carboxylic acids is 3. The fourth-order valence-corrected chi connectivity index (χ4v) is 4.08. The Morgan fingerprint density at radius 3 is 2.45 bits per heavy atom. The summed E-state index contributed by atoms with van der Waals surface area (Å²) < 4.78 is 9.95. The molecule has 0 unspecified atom stereocenters. The number of hydrogen-bond acceptors (Lipinski definition) is 6. The lowest BCUT2D eigenvalue weighted by atomic mass is 10.2. The minimum Gasteiger partial charge on any atom is -0.465 e. The third kappa shape index (κ3) is 9.23. The molecule has 0 saturated carbocycles. The summed E-state index contributed by atoms with van der Waals surface area (Å²) in [6.07, 6.45) is 0.569. The molecule has 8 nitrogen and oxygen atoms in total. The number of ether oxygens (including phenoxy) is 2. The fraction of sp³-hybridized carbons (Fsp3) is 0.458. The zero-order chi connectivity index (χ0) is 24.1. The van der Waals surface area contributed by atoms with Crippen LogP contribution in [0.15, 0.2) is 41.8 Å². The molecule has 0 fully saturated rings. The van der Waals surface area contributed by atoms with Gasteiger partial charge in [-0.3, -0.25) is 9.59 Å². The summed E-state index contributed by atoms with van der Waals surface area (Å²) in [5.74, 6) is -0.691. The fourth-order valence-electron chi connectivity index (χ4n) is 3.16. The predicted molar refractivity (Wildman–Crippen MR) is 128 cm³/mol. The molecule has 0 aliphatic heterocycles. The molecule has 0 aliphatic rings. The van der Waals surface area contributed by atoms with Gasteiger partial charge >= 0.3 is 12.0 Å². The van der Waals surface area contributed by atoms with Gasteiger partial charge in [0.25, 0.3) is 0 Å². The summed E-state index contributed by atoms with van der Waals surface area (Å²) >= 11 is 1.61. The number of carbonyl (C=O) groups is 3. The van der Waals surface area contributed by atoms with Gasteiger partial charge in [0, 0.05) is 31.7 Å². The van der Waals surface area contributed by atoms with Gasteiger partial charge in [-0.05, 0) is 42.8 Å². The van der Waals surface area contributed by atoms with E-state index in [9.17, 15) is 14.4 Å². The predicted octanol–water partition coefficient (Wildman–Crippen LogP) is 3.20. The molecule has 0 saturated heterocycles. The zero-order valence-electron chi connectivity index (χ0n) is 19.5. The quantitative estimate of drug-likeness (QED) is 0.355. The Labute approximate surface area is 199 Å². The van der Waals surface area contributed by atoms with Crippen LogP contribution in [0, 0.1) is 6.92 Å². The first kappa shape index (κ1) is 26.3. The first-order valence-corrected chi connectivity index (χ1v) is 11.8. The number of methoxy groups -OCH3 is 1. The van der Waals surface area contributed by atoms with Gasteiger partial charge in [0.2, 0.25) is 5.91 Å². The van der Waals surface area contributed by atoms with Crippen molar-refractivity contribution in [2.24, 2.45) is 0 Å². The van der Waals surface area contributed by atoms with Crippen molar-refractivity contribution in [2.45, 2.75) is 33.4 Å². The largest absolute Gasteiger partial charge is 0.465 e. The van der Waals surface area contributed by atoms with Gasteiger partial charge in [-0.1, -0.05) is 30.3 Å². The molecular formula is C24H33N3O5S. The van der Waals surface area contributed by atoms with Gasteiger partial charge in [0.05, 0.1) is 13.2 Å². The smallest absolute Gasteiger partial charge is 0.325 e. The maximum Gasteiger partial charge on any atom is 0.325 e. The highest BCUT2D eigenvalue weighted by atomic mass is 32.1. The Morgan fingerprint density at radius 1 is 1.06 bits per heavy atom. The molecule has 0 radical (unpaired) electrons. The Kier molecular flexibility index (Phi) is 11.4. The van der Waals surface area contributed by atoms with E-state index < -0.39 is 12.0 Å². The molecule has 1 N–H and O–H groups in total. The van der Waals surface area contributed by atoms with Crippen LogP contribution in [0.25, 0.3) is 0 Å². The van der Waals surface area contributed by atoms with Crippen LogP contribution in [-0.2, 0) is 32.2 Å². The van der Waals surface area contributed by atoms with E-state index in [-0.39, 0.29) is 25.6 Å². The van der Waals surface area contributed by atoms with Crippen LogP contribution >= 0.6 is 11.3 Å². The van der Waals surface area contributed by atoms with Crippen LogP contribution in [0.3, 0.4) is 0 Å². The number of nitrogens with one attached hydrogen (secondary N) is 1. The highest BCUT2D eigenvalue weighted by Crippen LogP contribution is 2.19. The second kappa shape index (κ2) is 14.3. The Hall–Kier alpha value is -2.91. The summed E-state index contributed by atoms with van der Waals surface area (Å²) in [5, 5.41) is 4.56. The number of aryl methyl sites for hydroxylation is 1. The minimum atomic E-state index is -0.520. The van der Waals surface area contributed by atoms with E-state index in [1.165, 1.54) is 4.90 Å². The normalized spacial score (nSPS) is 10.5. The van der Waals surface area contributed by atoms with Gasteiger partial charge in [-0.25, -0.2) is 4.79 Å². The average molecular weight is 476 g/mol. The third-order valence-electron chi connectivity index (χ3n) is 4.95. The molecule has 0 atom stereocenters. The Morgan fingerprint density at radius 2 is 1.82 bits per heavy atom. The lowest BCUT2D eigenvalue weighted by Gasteiger charge is -2.28. The molecular weight excluding hydrogens is 442 g/mol. The Bertz CT molecular complexity index is 887. The minimum absolute atomic E-state index is 0.102. The Balaban J connectivity index is 2.12. The third-order valence-corrected chi connectivity index (χ3v) is 5.96. The molecule has 1 heterocycles. The van der Waals surface area contributed by atoms with Crippen molar-refractivity contribution in [1.82, 2.24) is 15.1 Å². The van der Waals surface area contributed by atoms with Crippen LogP contribution in [0.1, 0.15) is 29.3 Å². The molecule has 0 bridgehead atoms. The van der Waals surface area contributed by atoms with Gasteiger partial charge in [0.1, 0.15) is 13.1 Å². The first-order valence-electron chi connectivity index (χ1n) is 11.0. The van der Waals surface area contributed by atoms with Gasteiger partial charge < -0.3 is 24.6 Å². The zero-order valence-corrected chi connectivity index (χ0v) is 20.4. The number of urea groups is 1. The number of nitrogens with zero attached hydrogens (tertiary/aromatic N) is 2. The van der Waals surface area contributed by atoms with E-state index >= 15 is 0 Å². The second-order valence-corrected chi connectivity index (χ2v) is 8.49. The van der Waals surface area contributed by atoms with Crippen molar-refractivity contribution in [3.63, 3.8) is 0 Å². The van der Waals surface area contributed by atoms with Gasteiger partial charge in [-0.15, -0.1) is 11.3 Å². The molecule has 1 aromatic carbocycles. The number of hydrogen-bond donors (Lipinski definition) is 1.